The first-order valence-corrected chi connectivity index (χ1v) is 9.00. The Kier molecular flexibility index (Phi) is 4.18. The van der Waals surface area contributed by atoms with Crippen LogP contribution in [0.2, 0.25) is 4.34 Å². The molecule has 0 atom stereocenters. The van der Waals surface area contributed by atoms with Crippen LogP contribution >= 0.6 is 23.1 Å². The van der Waals surface area contributed by atoms with Crippen LogP contribution in [0.1, 0.15) is 16.8 Å². The molecule has 8 heteroatoms. The van der Waals surface area contributed by atoms with Gasteiger partial charge in [-0.05, 0) is 11.1 Å². The number of urea groups is 1. The average molecular weight is 385 g/mol. The summed E-state index contributed by atoms with van der Waals surface area (Å²) in [7, 11) is 0. The first kappa shape index (κ1) is 16.7. The minimum atomic E-state index is -1.28. The molecule has 0 spiro atoms. The smallest absolute Gasteiger partial charge is 0.315 e. The summed E-state index contributed by atoms with van der Waals surface area (Å²) < 4.78 is 4.12. The highest BCUT2D eigenvalue weighted by atomic mass is 35.5. The summed E-state index contributed by atoms with van der Waals surface area (Å²) in [6.07, 6.45) is 0. The topological polar surface area (TPSA) is 75.2 Å². The number of halogens is 1. The number of aromatic nitrogens is 2. The first-order valence-electron chi connectivity index (χ1n) is 7.85. The third kappa shape index (κ3) is 2.56. The zero-order chi connectivity index (χ0) is 18.1. The summed E-state index contributed by atoms with van der Waals surface area (Å²) >= 11 is 7.06. The van der Waals surface area contributed by atoms with Gasteiger partial charge in [0.1, 0.15) is 10.0 Å². The number of hydrogen-bond acceptors (Lipinski definition) is 5. The fraction of sp³-hybridized carbons (Fsp3) is 0.111. The van der Waals surface area contributed by atoms with Gasteiger partial charge in [0.2, 0.25) is 0 Å². The van der Waals surface area contributed by atoms with Crippen molar-refractivity contribution < 1.29 is 9.59 Å². The molecule has 1 aromatic heterocycles. The SMILES string of the molecule is O=C1NC(c2ccccc2)(c2ccccc2)C(=O)N1Cc1nnsc1Cl. The van der Waals surface area contributed by atoms with Crippen LogP contribution < -0.4 is 5.32 Å². The zero-order valence-corrected chi connectivity index (χ0v) is 15.0. The third-order valence-corrected chi connectivity index (χ3v) is 5.32. The van der Waals surface area contributed by atoms with Crippen molar-refractivity contribution in [1.82, 2.24) is 19.8 Å². The number of hydrogen-bond donors (Lipinski definition) is 1. The Labute approximate surface area is 158 Å². The number of nitrogens with zero attached hydrogens (tertiary/aromatic N) is 3. The number of nitrogens with one attached hydrogen (secondary N) is 1. The fourth-order valence-electron chi connectivity index (χ4n) is 3.09. The van der Waals surface area contributed by atoms with E-state index in [2.05, 4.69) is 14.9 Å². The van der Waals surface area contributed by atoms with E-state index >= 15 is 0 Å². The van der Waals surface area contributed by atoms with Crippen molar-refractivity contribution in [3.63, 3.8) is 0 Å². The summed E-state index contributed by atoms with van der Waals surface area (Å²) in [6, 6.07) is 17.9. The van der Waals surface area contributed by atoms with E-state index in [1.807, 2.05) is 60.7 Å². The third-order valence-electron chi connectivity index (χ3n) is 4.34. The van der Waals surface area contributed by atoms with Gasteiger partial charge >= 0.3 is 6.03 Å². The molecule has 1 N–H and O–H groups in total. The molecular weight excluding hydrogens is 372 g/mol. The number of amides is 3. The van der Waals surface area contributed by atoms with Gasteiger partial charge in [-0.25, -0.2) is 4.79 Å². The van der Waals surface area contributed by atoms with Gasteiger partial charge in [-0.1, -0.05) is 76.8 Å². The van der Waals surface area contributed by atoms with Crippen molar-refractivity contribution in [1.29, 1.82) is 0 Å². The van der Waals surface area contributed by atoms with E-state index in [1.54, 1.807) is 0 Å². The van der Waals surface area contributed by atoms with Crippen molar-refractivity contribution in [2.75, 3.05) is 0 Å². The van der Waals surface area contributed by atoms with Crippen LogP contribution in [0.3, 0.4) is 0 Å². The predicted octanol–water partition coefficient (Wildman–Crippen LogP) is 3.19. The van der Waals surface area contributed by atoms with Gasteiger partial charge in [-0.3, -0.25) is 9.69 Å². The fourth-order valence-corrected chi connectivity index (χ4v) is 3.71. The molecule has 0 saturated carbocycles. The normalized spacial score (nSPS) is 16.0. The van der Waals surface area contributed by atoms with Crippen LogP contribution in [0.15, 0.2) is 60.7 Å². The van der Waals surface area contributed by atoms with Crippen molar-refractivity contribution in [3.05, 3.63) is 81.8 Å². The van der Waals surface area contributed by atoms with E-state index in [9.17, 15) is 9.59 Å². The zero-order valence-electron chi connectivity index (χ0n) is 13.4. The molecule has 0 bridgehead atoms. The number of imide groups is 1. The summed E-state index contributed by atoms with van der Waals surface area (Å²) in [5.74, 6) is -0.371. The highest BCUT2D eigenvalue weighted by molar-refractivity contribution is 7.10. The Morgan fingerprint density at radius 2 is 1.58 bits per heavy atom. The molecule has 3 amide bonds. The van der Waals surface area contributed by atoms with E-state index in [-0.39, 0.29) is 12.5 Å². The molecule has 4 rings (SSSR count). The summed E-state index contributed by atoms with van der Waals surface area (Å²) in [4.78, 5) is 27.2. The van der Waals surface area contributed by atoms with Gasteiger partial charge in [0.25, 0.3) is 5.91 Å². The molecule has 1 aliphatic rings. The van der Waals surface area contributed by atoms with Crippen molar-refractivity contribution in [2.45, 2.75) is 12.1 Å². The number of carbonyl (C=O) groups is 2. The van der Waals surface area contributed by atoms with Gasteiger partial charge in [0, 0.05) is 11.5 Å². The second-order valence-corrected chi connectivity index (χ2v) is 7.15. The van der Waals surface area contributed by atoms with E-state index in [1.165, 1.54) is 0 Å². The van der Waals surface area contributed by atoms with Crippen LogP contribution in [-0.2, 0) is 16.9 Å². The Hall–Kier alpha value is -2.77. The van der Waals surface area contributed by atoms with Gasteiger partial charge in [-0.2, -0.15) is 0 Å². The first-order chi connectivity index (χ1) is 12.6. The molecule has 6 nitrogen and oxygen atoms in total. The maximum absolute atomic E-state index is 13.4. The molecule has 2 heterocycles. The second kappa shape index (κ2) is 6.51. The van der Waals surface area contributed by atoms with E-state index < -0.39 is 11.6 Å². The number of carbonyl (C=O) groups excluding carboxylic acids is 2. The summed E-state index contributed by atoms with van der Waals surface area (Å²) in [5.41, 5.74) is 0.497. The molecule has 1 aliphatic heterocycles. The van der Waals surface area contributed by atoms with Gasteiger partial charge in [-0.15, -0.1) is 5.10 Å². The summed E-state index contributed by atoms with van der Waals surface area (Å²) in [6.45, 7) is -0.0264. The molecular formula is C18H13ClN4O2S. The van der Waals surface area contributed by atoms with Crippen LogP contribution in [0, 0.1) is 0 Å². The highest BCUT2D eigenvalue weighted by Crippen LogP contribution is 2.36. The van der Waals surface area contributed by atoms with E-state index in [0.717, 1.165) is 16.4 Å². The number of benzene rings is 2. The Morgan fingerprint density at radius 1 is 1.00 bits per heavy atom. The lowest BCUT2D eigenvalue weighted by molar-refractivity contribution is -0.130. The average Bonchev–Trinajstić information content (AvgIpc) is 3.20. The standard InChI is InChI=1S/C18H13ClN4O2S/c19-15-14(21-22-26-15)11-23-16(24)18(20-17(23)25,12-7-3-1-4-8-12)13-9-5-2-6-10-13/h1-10H,11H2,(H,20,25). The van der Waals surface area contributed by atoms with Gasteiger partial charge in [0.15, 0.2) is 5.54 Å². The number of rotatable bonds is 4. The van der Waals surface area contributed by atoms with Crippen LogP contribution in [-0.4, -0.2) is 26.4 Å². The minimum Gasteiger partial charge on any atom is -0.315 e. The molecule has 130 valence electrons. The molecule has 1 saturated heterocycles. The molecule has 0 radical (unpaired) electrons. The second-order valence-electron chi connectivity index (χ2n) is 5.80. The summed E-state index contributed by atoms with van der Waals surface area (Å²) in [5, 5.41) is 6.79. The van der Waals surface area contributed by atoms with Crippen molar-refractivity contribution in [3.8, 4) is 0 Å². The van der Waals surface area contributed by atoms with Crippen molar-refractivity contribution in [2.24, 2.45) is 0 Å². The Bertz CT molecular complexity index is 922. The Morgan fingerprint density at radius 3 is 2.08 bits per heavy atom. The van der Waals surface area contributed by atoms with E-state index in [4.69, 9.17) is 11.6 Å². The van der Waals surface area contributed by atoms with Crippen LogP contribution in [0.25, 0.3) is 0 Å². The highest BCUT2D eigenvalue weighted by Gasteiger charge is 2.53. The lowest BCUT2D eigenvalue weighted by Crippen LogP contribution is -2.45. The lowest BCUT2D eigenvalue weighted by atomic mass is 9.82. The van der Waals surface area contributed by atoms with Gasteiger partial charge in [0.05, 0.1) is 6.54 Å². The monoisotopic (exact) mass is 384 g/mol. The molecule has 3 aromatic rings. The molecule has 1 fully saturated rings. The van der Waals surface area contributed by atoms with E-state index in [0.29, 0.717) is 21.2 Å². The Balaban J connectivity index is 1.82. The van der Waals surface area contributed by atoms with Gasteiger partial charge < -0.3 is 5.32 Å². The van der Waals surface area contributed by atoms with Crippen molar-refractivity contribution >= 4 is 35.1 Å². The maximum atomic E-state index is 13.4. The lowest BCUT2D eigenvalue weighted by Gasteiger charge is -2.27. The molecule has 26 heavy (non-hydrogen) atoms. The maximum Gasteiger partial charge on any atom is 0.325 e. The molecule has 0 unspecified atom stereocenters. The quantitative estimate of drug-likeness (QED) is 0.701. The van der Waals surface area contributed by atoms with Crippen LogP contribution in [0.5, 0.6) is 0 Å². The molecule has 0 aliphatic carbocycles. The largest absolute Gasteiger partial charge is 0.325 e. The van der Waals surface area contributed by atoms with Crippen LogP contribution in [0.4, 0.5) is 4.79 Å². The minimum absolute atomic E-state index is 0.0264. The molecule has 2 aromatic carbocycles. The predicted molar refractivity (Wildman–Crippen MR) is 97.7 cm³/mol.